The number of aromatic nitrogens is 4. The minimum absolute atomic E-state index is 0.208. The van der Waals surface area contributed by atoms with Crippen molar-refractivity contribution in [3.8, 4) is 0 Å². The van der Waals surface area contributed by atoms with Gasteiger partial charge in [-0.3, -0.25) is 4.79 Å². The summed E-state index contributed by atoms with van der Waals surface area (Å²) in [4.78, 5) is 25.5. The lowest BCUT2D eigenvalue weighted by Gasteiger charge is -2.05. The summed E-state index contributed by atoms with van der Waals surface area (Å²) in [7, 11) is 0. The summed E-state index contributed by atoms with van der Waals surface area (Å²) in [6, 6.07) is 17.3. The summed E-state index contributed by atoms with van der Waals surface area (Å²) in [5.74, 6) is -0.668. The fraction of sp³-hybridized carbons (Fsp3) is 0.143. The predicted molar refractivity (Wildman–Crippen MR) is 111 cm³/mol. The summed E-state index contributed by atoms with van der Waals surface area (Å²) in [5.41, 5.74) is 1.92. The minimum Gasteiger partial charge on any atom is -0.350 e. The van der Waals surface area contributed by atoms with E-state index in [0.29, 0.717) is 22.1 Å². The van der Waals surface area contributed by atoms with Gasteiger partial charge in [-0.2, -0.15) is 9.61 Å². The predicted octanol–water partition coefficient (Wildman–Crippen LogP) is 2.81. The topological polar surface area (TPSA) is 81.3 Å². The normalized spacial score (nSPS) is 11.0. The lowest BCUT2D eigenvalue weighted by atomic mass is 10.1. The van der Waals surface area contributed by atoms with E-state index in [1.165, 1.54) is 23.9 Å². The molecule has 0 saturated heterocycles. The summed E-state index contributed by atoms with van der Waals surface area (Å²) in [5, 5.41) is 11.7. The molecule has 7 nitrogen and oxygen atoms in total. The average Bonchev–Trinajstić information content (AvgIpc) is 3.03. The second-order valence-electron chi connectivity index (χ2n) is 6.70. The van der Waals surface area contributed by atoms with Crippen molar-refractivity contribution in [3.63, 3.8) is 0 Å². The molecule has 0 radical (unpaired) electrons. The Kier molecular flexibility index (Phi) is 5.62. The molecule has 0 bridgehead atoms. The van der Waals surface area contributed by atoms with E-state index >= 15 is 0 Å². The van der Waals surface area contributed by atoms with Crippen LogP contribution in [0.3, 0.4) is 0 Å². The zero-order valence-electron chi connectivity index (χ0n) is 16.1. The van der Waals surface area contributed by atoms with Crippen LogP contribution in [0.15, 0.2) is 75.4 Å². The van der Waals surface area contributed by atoms with Crippen molar-refractivity contribution in [3.05, 3.63) is 88.1 Å². The van der Waals surface area contributed by atoms with Crippen LogP contribution in [0.1, 0.15) is 11.1 Å². The molecule has 0 aliphatic carbocycles. The van der Waals surface area contributed by atoms with E-state index in [-0.39, 0.29) is 18.3 Å². The van der Waals surface area contributed by atoms with Crippen LogP contribution in [0.25, 0.3) is 5.65 Å². The molecule has 0 saturated carbocycles. The zero-order valence-corrected chi connectivity index (χ0v) is 16.9. The second-order valence-corrected chi connectivity index (χ2v) is 7.80. The number of rotatable bonds is 6. The Hall–Kier alpha value is -3.46. The fourth-order valence-corrected chi connectivity index (χ4v) is 3.62. The molecule has 0 spiro atoms. The number of carbonyl (C=O) groups excluding carboxylic acids is 1. The van der Waals surface area contributed by atoms with Crippen molar-refractivity contribution in [1.29, 1.82) is 0 Å². The first-order chi connectivity index (χ1) is 14.5. The third kappa shape index (κ3) is 4.57. The van der Waals surface area contributed by atoms with Crippen molar-refractivity contribution >= 4 is 23.3 Å². The highest BCUT2D eigenvalue weighted by Gasteiger charge is 2.13. The number of benzene rings is 2. The molecule has 2 heterocycles. The lowest BCUT2D eigenvalue weighted by Crippen LogP contribution is -2.32. The maximum atomic E-state index is 13.4. The van der Waals surface area contributed by atoms with Crippen LogP contribution in [0.2, 0.25) is 0 Å². The number of carbonyl (C=O) groups is 1. The van der Waals surface area contributed by atoms with Crippen LogP contribution in [-0.4, -0.2) is 25.3 Å². The average molecular weight is 423 g/mol. The first-order valence-corrected chi connectivity index (χ1v) is 10.0. The molecule has 0 fully saturated rings. The van der Waals surface area contributed by atoms with Crippen LogP contribution >= 0.6 is 11.8 Å². The first-order valence-electron chi connectivity index (χ1n) is 9.20. The third-order valence-corrected chi connectivity index (χ3v) is 5.25. The molecule has 1 amide bonds. The van der Waals surface area contributed by atoms with Gasteiger partial charge in [-0.15, -0.1) is 5.10 Å². The molecule has 2 aromatic carbocycles. The first kappa shape index (κ1) is 19.8. The lowest BCUT2D eigenvalue weighted by molar-refractivity contribution is -0.122. The van der Waals surface area contributed by atoms with Gasteiger partial charge in [-0.05, 0) is 42.8 Å². The smallest absolute Gasteiger partial charge is 0.350 e. The van der Waals surface area contributed by atoms with Gasteiger partial charge in [0.2, 0.25) is 5.91 Å². The molecule has 0 aliphatic rings. The van der Waals surface area contributed by atoms with E-state index in [2.05, 4.69) is 15.5 Å². The Bertz CT molecular complexity index is 1270. The van der Waals surface area contributed by atoms with Crippen molar-refractivity contribution in [2.75, 3.05) is 0 Å². The molecule has 0 aliphatic heterocycles. The SMILES string of the molecule is Cc1ccc(CNC(=O)Cn2nc3ccc(Sc4cccc(F)c4)nn3c2=O)cc1. The van der Waals surface area contributed by atoms with Crippen molar-refractivity contribution < 1.29 is 9.18 Å². The highest BCUT2D eigenvalue weighted by atomic mass is 32.2. The number of fused-ring (bicyclic) bond motifs is 1. The van der Waals surface area contributed by atoms with Gasteiger partial charge >= 0.3 is 5.69 Å². The summed E-state index contributed by atoms with van der Waals surface area (Å²) < 4.78 is 15.6. The molecular formula is C21H18FN5O2S. The Balaban J connectivity index is 1.46. The molecule has 0 atom stereocenters. The number of hydrogen-bond acceptors (Lipinski definition) is 5. The van der Waals surface area contributed by atoms with Crippen LogP contribution < -0.4 is 11.0 Å². The van der Waals surface area contributed by atoms with Gasteiger partial charge in [0, 0.05) is 11.4 Å². The fourth-order valence-electron chi connectivity index (χ4n) is 2.80. The number of hydrogen-bond donors (Lipinski definition) is 1. The van der Waals surface area contributed by atoms with Gasteiger partial charge in [0.1, 0.15) is 17.4 Å². The van der Waals surface area contributed by atoms with E-state index < -0.39 is 5.69 Å². The van der Waals surface area contributed by atoms with E-state index in [9.17, 15) is 14.0 Å². The van der Waals surface area contributed by atoms with Crippen molar-refractivity contribution in [2.24, 2.45) is 0 Å². The van der Waals surface area contributed by atoms with Gasteiger partial charge in [-0.25, -0.2) is 13.9 Å². The Morgan fingerprint density at radius 2 is 1.90 bits per heavy atom. The summed E-state index contributed by atoms with van der Waals surface area (Å²) >= 11 is 1.23. The monoisotopic (exact) mass is 423 g/mol. The number of halogens is 1. The highest BCUT2D eigenvalue weighted by molar-refractivity contribution is 7.99. The van der Waals surface area contributed by atoms with Gasteiger partial charge in [0.05, 0.1) is 0 Å². The van der Waals surface area contributed by atoms with E-state index in [1.54, 1.807) is 24.3 Å². The third-order valence-electron chi connectivity index (χ3n) is 4.34. The Morgan fingerprint density at radius 3 is 2.67 bits per heavy atom. The van der Waals surface area contributed by atoms with Gasteiger partial charge in [0.15, 0.2) is 5.65 Å². The molecule has 2 aromatic heterocycles. The molecule has 9 heteroatoms. The molecule has 30 heavy (non-hydrogen) atoms. The zero-order chi connectivity index (χ0) is 21.1. The van der Waals surface area contributed by atoms with Crippen LogP contribution in [-0.2, 0) is 17.9 Å². The van der Waals surface area contributed by atoms with Crippen molar-refractivity contribution in [1.82, 2.24) is 24.7 Å². The standard InChI is InChI=1S/C21H18FN5O2S/c1-14-5-7-15(8-6-14)12-23-19(28)13-26-21(29)27-18(24-26)9-10-20(25-27)30-17-4-2-3-16(22)11-17/h2-11H,12-13H2,1H3,(H,23,28). The number of nitrogens with one attached hydrogen (secondary N) is 1. The maximum absolute atomic E-state index is 13.4. The van der Waals surface area contributed by atoms with Crippen LogP contribution in [0.4, 0.5) is 4.39 Å². The van der Waals surface area contributed by atoms with Gasteiger partial charge < -0.3 is 5.32 Å². The number of amides is 1. The van der Waals surface area contributed by atoms with E-state index in [1.807, 2.05) is 31.2 Å². The largest absolute Gasteiger partial charge is 0.367 e. The molecule has 0 unspecified atom stereocenters. The molecule has 4 aromatic rings. The van der Waals surface area contributed by atoms with Gasteiger partial charge in [0.25, 0.3) is 0 Å². The van der Waals surface area contributed by atoms with Crippen LogP contribution in [0, 0.1) is 12.7 Å². The molecule has 1 N–H and O–H groups in total. The van der Waals surface area contributed by atoms with E-state index in [0.717, 1.165) is 20.3 Å². The maximum Gasteiger partial charge on any atom is 0.367 e. The summed E-state index contributed by atoms with van der Waals surface area (Å²) in [6.07, 6.45) is 0. The Morgan fingerprint density at radius 1 is 1.10 bits per heavy atom. The van der Waals surface area contributed by atoms with Gasteiger partial charge in [-0.1, -0.05) is 47.7 Å². The Labute approximate surface area is 175 Å². The number of nitrogens with zero attached hydrogens (tertiary/aromatic N) is 4. The highest BCUT2D eigenvalue weighted by Crippen LogP contribution is 2.25. The minimum atomic E-state index is -0.517. The molecule has 4 rings (SSSR count). The number of aryl methyl sites for hydroxylation is 1. The van der Waals surface area contributed by atoms with E-state index in [4.69, 9.17) is 0 Å². The summed E-state index contributed by atoms with van der Waals surface area (Å²) in [6.45, 7) is 2.16. The second kappa shape index (κ2) is 8.50. The quantitative estimate of drug-likeness (QED) is 0.516. The van der Waals surface area contributed by atoms with Crippen LogP contribution in [0.5, 0.6) is 0 Å². The molecular weight excluding hydrogens is 405 g/mol. The molecule has 152 valence electrons. The van der Waals surface area contributed by atoms with Crippen molar-refractivity contribution in [2.45, 2.75) is 29.9 Å².